The summed E-state index contributed by atoms with van der Waals surface area (Å²) in [5.74, 6) is 0.976. The van der Waals surface area contributed by atoms with Gasteiger partial charge in [0.1, 0.15) is 0 Å². The molecule has 1 aliphatic rings. The van der Waals surface area contributed by atoms with Crippen LogP contribution in [0, 0.1) is 0 Å². The van der Waals surface area contributed by atoms with Crippen molar-refractivity contribution in [3.8, 4) is 11.5 Å². The number of benzene rings is 1. The topological polar surface area (TPSA) is 84.9 Å². The number of rotatable bonds is 4. The van der Waals surface area contributed by atoms with Gasteiger partial charge in [0, 0.05) is 19.0 Å². The van der Waals surface area contributed by atoms with Crippen LogP contribution in [0.3, 0.4) is 0 Å². The van der Waals surface area contributed by atoms with Gasteiger partial charge in [-0.3, -0.25) is 0 Å². The molecule has 0 spiro atoms. The third-order valence-corrected chi connectivity index (χ3v) is 4.02. The molecule has 1 aromatic carbocycles. The molecular formula is C12H17NO5S. The van der Waals surface area contributed by atoms with Crippen molar-refractivity contribution < 1.29 is 23.0 Å². The number of ether oxygens (including phenoxy) is 2. The maximum Gasteiger partial charge on any atom is 0.240 e. The summed E-state index contributed by atoms with van der Waals surface area (Å²) >= 11 is 0. The second-order valence-corrected chi connectivity index (χ2v) is 6.13. The molecule has 7 heteroatoms. The van der Waals surface area contributed by atoms with Crippen molar-refractivity contribution in [1.29, 1.82) is 0 Å². The summed E-state index contributed by atoms with van der Waals surface area (Å²) in [6.45, 7) is 2.53. The van der Waals surface area contributed by atoms with Crippen LogP contribution in [0.4, 0.5) is 0 Å². The van der Waals surface area contributed by atoms with E-state index in [0.29, 0.717) is 24.7 Å². The Labute approximate surface area is 112 Å². The molecule has 2 N–H and O–H groups in total. The van der Waals surface area contributed by atoms with Crippen molar-refractivity contribution in [3.63, 3.8) is 0 Å². The fraction of sp³-hybridized carbons (Fsp3) is 0.500. The smallest absolute Gasteiger partial charge is 0.240 e. The van der Waals surface area contributed by atoms with E-state index in [4.69, 9.17) is 14.6 Å². The van der Waals surface area contributed by atoms with E-state index in [1.165, 1.54) is 19.1 Å². The van der Waals surface area contributed by atoms with Gasteiger partial charge < -0.3 is 14.6 Å². The van der Waals surface area contributed by atoms with E-state index in [1.54, 1.807) is 6.07 Å². The molecule has 0 unspecified atom stereocenters. The third kappa shape index (κ3) is 3.59. The number of aliphatic hydroxyl groups excluding tert-OH is 1. The van der Waals surface area contributed by atoms with Gasteiger partial charge >= 0.3 is 0 Å². The van der Waals surface area contributed by atoms with Crippen molar-refractivity contribution in [3.05, 3.63) is 18.2 Å². The molecule has 106 valence electrons. The predicted molar refractivity (Wildman–Crippen MR) is 68.9 cm³/mol. The van der Waals surface area contributed by atoms with Crippen LogP contribution in [0.25, 0.3) is 0 Å². The number of hydrogen-bond acceptors (Lipinski definition) is 5. The number of nitrogens with one attached hydrogen (secondary N) is 1. The quantitative estimate of drug-likeness (QED) is 0.842. The van der Waals surface area contributed by atoms with Gasteiger partial charge in [0.2, 0.25) is 10.0 Å². The fourth-order valence-corrected chi connectivity index (χ4v) is 2.76. The van der Waals surface area contributed by atoms with Crippen LogP contribution in [-0.4, -0.2) is 39.4 Å². The van der Waals surface area contributed by atoms with Crippen LogP contribution in [0.5, 0.6) is 11.5 Å². The minimum absolute atomic E-state index is 0.0310. The zero-order chi connectivity index (χ0) is 13.9. The summed E-state index contributed by atoms with van der Waals surface area (Å²) < 4.78 is 37.2. The lowest BCUT2D eigenvalue weighted by molar-refractivity contribution is 0.198. The van der Waals surface area contributed by atoms with E-state index < -0.39 is 16.1 Å². The molecule has 0 fully saturated rings. The molecule has 2 rings (SSSR count). The van der Waals surface area contributed by atoms with Crippen LogP contribution in [0.1, 0.15) is 13.3 Å². The van der Waals surface area contributed by atoms with Gasteiger partial charge in [-0.05, 0) is 19.1 Å². The van der Waals surface area contributed by atoms with Gasteiger partial charge in [0.25, 0.3) is 0 Å². The molecule has 6 nitrogen and oxygen atoms in total. The molecule has 0 amide bonds. The summed E-state index contributed by atoms with van der Waals surface area (Å²) in [5.41, 5.74) is 0. The molecule has 1 aliphatic heterocycles. The molecule has 0 saturated carbocycles. The van der Waals surface area contributed by atoms with Gasteiger partial charge in [-0.1, -0.05) is 0 Å². The van der Waals surface area contributed by atoms with Crippen molar-refractivity contribution in [2.45, 2.75) is 24.3 Å². The highest BCUT2D eigenvalue weighted by Crippen LogP contribution is 2.31. The van der Waals surface area contributed by atoms with Gasteiger partial charge in [-0.15, -0.1) is 0 Å². The molecule has 0 saturated heterocycles. The van der Waals surface area contributed by atoms with Crippen LogP contribution in [0.15, 0.2) is 23.1 Å². The normalized spacial score (nSPS) is 16.7. The molecular weight excluding hydrogens is 270 g/mol. The first-order valence-corrected chi connectivity index (χ1v) is 7.55. The number of hydrogen-bond donors (Lipinski definition) is 2. The molecule has 0 aromatic heterocycles. The Hall–Kier alpha value is -1.31. The maximum absolute atomic E-state index is 12.0. The van der Waals surface area contributed by atoms with Gasteiger partial charge in [-0.2, -0.15) is 0 Å². The minimum atomic E-state index is -3.65. The standard InChI is InChI=1S/C12H17NO5S/c1-9(14)8-13-19(15,16)10-3-4-11-12(7-10)18-6-2-5-17-11/h3-4,7,9,13-14H,2,5-6,8H2,1H3/t9-/m1/s1. The first-order chi connectivity index (χ1) is 8.99. The average Bonchev–Trinajstić information content (AvgIpc) is 2.60. The van der Waals surface area contributed by atoms with Crippen LogP contribution >= 0.6 is 0 Å². The van der Waals surface area contributed by atoms with Crippen molar-refractivity contribution in [1.82, 2.24) is 4.72 Å². The zero-order valence-corrected chi connectivity index (χ0v) is 11.4. The van der Waals surface area contributed by atoms with Crippen molar-refractivity contribution >= 4 is 10.0 Å². The minimum Gasteiger partial charge on any atom is -0.490 e. The second-order valence-electron chi connectivity index (χ2n) is 4.36. The largest absolute Gasteiger partial charge is 0.490 e. The molecule has 0 bridgehead atoms. The third-order valence-electron chi connectivity index (χ3n) is 2.60. The monoisotopic (exact) mass is 287 g/mol. The number of sulfonamides is 1. The van der Waals surface area contributed by atoms with E-state index >= 15 is 0 Å². The summed E-state index contributed by atoms with van der Waals surface area (Å²) in [5, 5.41) is 9.12. The Bertz CT molecular complexity index is 541. The number of aliphatic hydroxyl groups is 1. The van der Waals surface area contributed by atoms with Gasteiger partial charge in [0.15, 0.2) is 11.5 Å². The predicted octanol–water partition coefficient (Wildman–Crippen LogP) is 0.507. The molecule has 19 heavy (non-hydrogen) atoms. The maximum atomic E-state index is 12.0. The summed E-state index contributed by atoms with van der Waals surface area (Å²) in [4.78, 5) is 0.0948. The molecule has 1 aromatic rings. The first-order valence-electron chi connectivity index (χ1n) is 6.06. The van der Waals surface area contributed by atoms with Crippen molar-refractivity contribution in [2.24, 2.45) is 0 Å². The molecule has 0 aliphatic carbocycles. The summed E-state index contributed by atoms with van der Waals surface area (Å²) in [6.07, 6.45) is 0.0204. The van der Waals surface area contributed by atoms with E-state index in [1.807, 2.05) is 0 Å². The van der Waals surface area contributed by atoms with E-state index in [2.05, 4.69) is 4.72 Å². The molecule has 1 heterocycles. The zero-order valence-electron chi connectivity index (χ0n) is 10.6. The SMILES string of the molecule is C[C@@H](O)CNS(=O)(=O)c1ccc2c(c1)OCCCO2. The van der Waals surface area contributed by atoms with Crippen LogP contribution in [0.2, 0.25) is 0 Å². The summed E-state index contributed by atoms with van der Waals surface area (Å²) in [6, 6.07) is 4.47. The van der Waals surface area contributed by atoms with E-state index in [9.17, 15) is 8.42 Å². The Balaban J connectivity index is 2.23. The van der Waals surface area contributed by atoms with Crippen LogP contribution < -0.4 is 14.2 Å². The first kappa shape index (κ1) is 14.1. The Kier molecular flexibility index (Phi) is 4.28. The fourth-order valence-electron chi connectivity index (χ4n) is 1.62. The van der Waals surface area contributed by atoms with Gasteiger partial charge in [0.05, 0.1) is 24.2 Å². The second kappa shape index (κ2) is 5.77. The number of fused-ring (bicyclic) bond motifs is 1. The highest BCUT2D eigenvalue weighted by molar-refractivity contribution is 7.89. The molecule has 0 radical (unpaired) electrons. The van der Waals surface area contributed by atoms with Crippen LogP contribution in [-0.2, 0) is 10.0 Å². The van der Waals surface area contributed by atoms with E-state index in [-0.39, 0.29) is 11.4 Å². The lowest BCUT2D eigenvalue weighted by Crippen LogP contribution is -2.30. The lowest BCUT2D eigenvalue weighted by atomic mass is 10.3. The molecule has 1 atom stereocenters. The lowest BCUT2D eigenvalue weighted by Gasteiger charge is -2.11. The Morgan fingerprint density at radius 2 is 2.00 bits per heavy atom. The highest BCUT2D eigenvalue weighted by Gasteiger charge is 2.18. The van der Waals surface area contributed by atoms with Gasteiger partial charge in [-0.25, -0.2) is 13.1 Å². The summed E-state index contributed by atoms with van der Waals surface area (Å²) in [7, 11) is -3.65. The Morgan fingerprint density at radius 1 is 1.32 bits per heavy atom. The average molecular weight is 287 g/mol. The van der Waals surface area contributed by atoms with Crippen molar-refractivity contribution in [2.75, 3.05) is 19.8 Å². The highest BCUT2D eigenvalue weighted by atomic mass is 32.2. The van der Waals surface area contributed by atoms with E-state index in [0.717, 1.165) is 6.42 Å². The Morgan fingerprint density at radius 3 is 2.68 bits per heavy atom.